The Kier molecular flexibility index (Phi) is 3.74. The van der Waals surface area contributed by atoms with E-state index in [1.54, 1.807) is 12.9 Å². The van der Waals surface area contributed by atoms with E-state index in [0.29, 0.717) is 6.54 Å². The Morgan fingerprint density at radius 2 is 2.36 bits per heavy atom. The third kappa shape index (κ3) is 2.90. The van der Waals surface area contributed by atoms with Crippen LogP contribution >= 0.6 is 0 Å². The van der Waals surface area contributed by atoms with Gasteiger partial charge in [-0.05, 0) is 30.1 Å². The molecule has 1 aromatic carbocycles. The summed E-state index contributed by atoms with van der Waals surface area (Å²) < 4.78 is 0. The number of benzene rings is 1. The van der Waals surface area contributed by atoms with Crippen molar-refractivity contribution in [3.63, 3.8) is 0 Å². The number of nitrogen functional groups attached to an aromatic ring is 1. The average molecular weight is 190 g/mol. The van der Waals surface area contributed by atoms with Crippen LogP contribution in [0.2, 0.25) is 6.82 Å². The lowest BCUT2D eigenvalue weighted by Crippen LogP contribution is -2.29. The van der Waals surface area contributed by atoms with Crippen molar-refractivity contribution < 1.29 is 5.02 Å². The molecule has 0 bridgehead atoms. The summed E-state index contributed by atoms with van der Waals surface area (Å²) in [6.07, 6.45) is 1.72. The molecule has 0 aromatic heterocycles. The van der Waals surface area contributed by atoms with E-state index in [-0.39, 0.29) is 0 Å². The second-order valence-electron chi connectivity index (χ2n) is 3.22. The van der Waals surface area contributed by atoms with Crippen LogP contribution in [-0.4, -0.2) is 12.1 Å². The SMILES string of the molecule is C=Cc1cc(CNB(C)O)ccc1N. The quantitative estimate of drug-likeness (QED) is 0.492. The second kappa shape index (κ2) is 4.84. The highest BCUT2D eigenvalue weighted by Gasteiger charge is 2.02. The van der Waals surface area contributed by atoms with Gasteiger partial charge in [0.2, 0.25) is 0 Å². The first kappa shape index (κ1) is 10.8. The number of hydrogen-bond donors (Lipinski definition) is 3. The molecule has 0 amide bonds. The molecule has 0 aliphatic heterocycles. The summed E-state index contributed by atoms with van der Waals surface area (Å²) in [6, 6.07) is 5.73. The van der Waals surface area contributed by atoms with Crippen molar-refractivity contribution in [3.8, 4) is 0 Å². The third-order valence-electron chi connectivity index (χ3n) is 1.97. The number of nitrogens with two attached hydrogens (primary N) is 1. The predicted octanol–water partition coefficient (Wildman–Crippen LogP) is 1.11. The van der Waals surface area contributed by atoms with Gasteiger partial charge >= 0.3 is 7.05 Å². The predicted molar refractivity (Wildman–Crippen MR) is 61.6 cm³/mol. The standard InChI is InChI=1S/C10H15BN2O/c1-3-9-6-8(4-5-10(9)12)7-13-11(2)14/h3-6,13-14H,1,7,12H2,2H3. The molecule has 0 saturated heterocycles. The van der Waals surface area contributed by atoms with Crippen LogP contribution in [0.15, 0.2) is 24.8 Å². The van der Waals surface area contributed by atoms with Gasteiger partial charge < -0.3 is 16.0 Å². The van der Waals surface area contributed by atoms with Gasteiger partial charge in [-0.1, -0.05) is 18.7 Å². The van der Waals surface area contributed by atoms with Gasteiger partial charge in [0.15, 0.2) is 0 Å². The fraction of sp³-hybridized carbons (Fsp3) is 0.200. The highest BCUT2D eigenvalue weighted by molar-refractivity contribution is 6.45. The Morgan fingerprint density at radius 3 is 2.93 bits per heavy atom. The maximum absolute atomic E-state index is 9.04. The lowest BCUT2D eigenvalue weighted by atomic mass is 9.88. The molecule has 3 nitrogen and oxygen atoms in total. The average Bonchev–Trinajstić information content (AvgIpc) is 2.16. The number of rotatable bonds is 4. The molecule has 0 spiro atoms. The molecule has 74 valence electrons. The largest absolute Gasteiger partial charge is 0.437 e. The van der Waals surface area contributed by atoms with Crippen molar-refractivity contribution in [2.24, 2.45) is 0 Å². The van der Waals surface area contributed by atoms with Crippen LogP contribution in [0.1, 0.15) is 11.1 Å². The van der Waals surface area contributed by atoms with Crippen LogP contribution in [0, 0.1) is 0 Å². The summed E-state index contributed by atoms with van der Waals surface area (Å²) in [6.45, 7) is 5.99. The Morgan fingerprint density at radius 1 is 1.64 bits per heavy atom. The molecule has 0 unspecified atom stereocenters. The van der Waals surface area contributed by atoms with E-state index in [9.17, 15) is 0 Å². The topological polar surface area (TPSA) is 58.3 Å². The fourth-order valence-corrected chi connectivity index (χ4v) is 1.18. The highest BCUT2D eigenvalue weighted by atomic mass is 16.2. The van der Waals surface area contributed by atoms with Crippen molar-refractivity contribution in [2.75, 3.05) is 5.73 Å². The molecule has 0 aliphatic carbocycles. The van der Waals surface area contributed by atoms with Crippen LogP contribution in [0.4, 0.5) is 5.69 Å². The maximum Gasteiger partial charge on any atom is 0.373 e. The monoisotopic (exact) mass is 190 g/mol. The van der Waals surface area contributed by atoms with Gasteiger partial charge in [0.25, 0.3) is 0 Å². The minimum absolute atomic E-state index is 0.500. The van der Waals surface area contributed by atoms with Crippen LogP contribution in [0.25, 0.3) is 6.08 Å². The van der Waals surface area contributed by atoms with Gasteiger partial charge in [0.1, 0.15) is 0 Å². The van der Waals surface area contributed by atoms with E-state index in [2.05, 4.69) is 11.8 Å². The molecular weight excluding hydrogens is 175 g/mol. The molecule has 0 atom stereocenters. The summed E-state index contributed by atoms with van der Waals surface area (Å²) in [5, 5.41) is 12.0. The summed E-state index contributed by atoms with van der Waals surface area (Å²) in [5.74, 6) is 0. The zero-order valence-electron chi connectivity index (χ0n) is 8.33. The van der Waals surface area contributed by atoms with Crippen LogP contribution < -0.4 is 11.0 Å². The molecule has 0 fully saturated rings. The number of hydrogen-bond acceptors (Lipinski definition) is 3. The summed E-state index contributed by atoms with van der Waals surface area (Å²) in [5.41, 5.74) is 8.44. The van der Waals surface area contributed by atoms with Crippen molar-refractivity contribution in [3.05, 3.63) is 35.9 Å². The van der Waals surface area contributed by atoms with Gasteiger partial charge in [-0.15, -0.1) is 0 Å². The normalized spacial score (nSPS) is 9.86. The molecule has 14 heavy (non-hydrogen) atoms. The van der Waals surface area contributed by atoms with E-state index in [4.69, 9.17) is 10.8 Å². The van der Waals surface area contributed by atoms with E-state index < -0.39 is 7.05 Å². The zero-order valence-corrected chi connectivity index (χ0v) is 8.33. The van der Waals surface area contributed by atoms with E-state index in [0.717, 1.165) is 16.8 Å². The molecule has 0 aliphatic rings. The zero-order chi connectivity index (χ0) is 10.6. The first-order valence-electron chi connectivity index (χ1n) is 4.55. The summed E-state index contributed by atoms with van der Waals surface area (Å²) >= 11 is 0. The van der Waals surface area contributed by atoms with E-state index in [1.165, 1.54) is 0 Å². The van der Waals surface area contributed by atoms with Crippen molar-refractivity contribution in [1.82, 2.24) is 5.23 Å². The smallest absolute Gasteiger partial charge is 0.373 e. The molecule has 0 radical (unpaired) electrons. The molecule has 0 heterocycles. The van der Waals surface area contributed by atoms with Gasteiger partial charge in [-0.25, -0.2) is 0 Å². The fourth-order valence-electron chi connectivity index (χ4n) is 1.18. The molecule has 4 heteroatoms. The molecule has 4 N–H and O–H groups in total. The Hall–Kier alpha value is -1.26. The number of nitrogens with one attached hydrogen (secondary N) is 1. The Bertz CT molecular complexity index is 326. The summed E-state index contributed by atoms with van der Waals surface area (Å²) in [4.78, 5) is 0. The van der Waals surface area contributed by atoms with Gasteiger partial charge in [-0.2, -0.15) is 0 Å². The maximum atomic E-state index is 9.04. The summed E-state index contributed by atoms with van der Waals surface area (Å²) in [7, 11) is -0.500. The Labute approximate surface area is 84.8 Å². The lowest BCUT2D eigenvalue weighted by Gasteiger charge is -2.07. The molecular formula is C10H15BN2O. The van der Waals surface area contributed by atoms with Crippen molar-refractivity contribution in [2.45, 2.75) is 13.4 Å². The van der Waals surface area contributed by atoms with Crippen LogP contribution in [-0.2, 0) is 6.54 Å². The first-order valence-corrected chi connectivity index (χ1v) is 4.55. The van der Waals surface area contributed by atoms with E-state index >= 15 is 0 Å². The minimum Gasteiger partial charge on any atom is -0.437 e. The molecule has 1 aromatic rings. The third-order valence-corrected chi connectivity index (χ3v) is 1.97. The second-order valence-corrected chi connectivity index (χ2v) is 3.22. The Balaban J connectivity index is 2.74. The van der Waals surface area contributed by atoms with Gasteiger partial charge in [-0.3, -0.25) is 0 Å². The van der Waals surface area contributed by atoms with E-state index in [1.807, 2.05) is 18.2 Å². The first-order chi connectivity index (χ1) is 6.63. The van der Waals surface area contributed by atoms with Gasteiger partial charge in [0.05, 0.1) is 0 Å². The molecule has 0 saturated carbocycles. The molecule has 1 rings (SSSR count). The van der Waals surface area contributed by atoms with Crippen LogP contribution in [0.5, 0.6) is 0 Å². The lowest BCUT2D eigenvalue weighted by molar-refractivity contribution is 0.554. The van der Waals surface area contributed by atoms with Crippen LogP contribution in [0.3, 0.4) is 0 Å². The minimum atomic E-state index is -0.500. The van der Waals surface area contributed by atoms with Crippen molar-refractivity contribution >= 4 is 18.8 Å². The van der Waals surface area contributed by atoms with Crippen molar-refractivity contribution in [1.29, 1.82) is 0 Å². The van der Waals surface area contributed by atoms with Gasteiger partial charge in [0, 0.05) is 12.2 Å². The highest BCUT2D eigenvalue weighted by Crippen LogP contribution is 2.14. The number of anilines is 1.